The van der Waals surface area contributed by atoms with Crippen molar-refractivity contribution in [1.82, 2.24) is 0 Å². The van der Waals surface area contributed by atoms with Crippen LogP contribution in [0.3, 0.4) is 0 Å². The number of hydrogen-bond donors (Lipinski definition) is 0. The largest absolute Gasteiger partial charge is 0.157 e. The van der Waals surface area contributed by atoms with Crippen molar-refractivity contribution in [3.05, 3.63) is 56.8 Å². The molecule has 2 aromatic rings. The molecule has 1 aromatic heterocycles. The molecule has 3 rings (SSSR count). The van der Waals surface area contributed by atoms with Gasteiger partial charge in [0.15, 0.2) is 0 Å². The van der Waals surface area contributed by atoms with Crippen molar-refractivity contribution < 1.29 is 0 Å². The number of halogens is 1. The molecule has 0 N–H and O–H groups in total. The lowest BCUT2D eigenvalue weighted by Crippen LogP contribution is -1.96. The maximum absolute atomic E-state index is 3.87. The first-order valence-corrected chi connectivity index (χ1v) is 9.58. The van der Waals surface area contributed by atoms with Crippen molar-refractivity contribution in [3.63, 3.8) is 0 Å². The Morgan fingerprint density at radius 2 is 2.05 bits per heavy atom. The van der Waals surface area contributed by atoms with Gasteiger partial charge in [0.05, 0.1) is 4.83 Å². The van der Waals surface area contributed by atoms with Crippen LogP contribution in [0.25, 0.3) is 0 Å². The SMILES string of the molecule is CCc1ccc(C(Br)c2cc3c(s2)CCSC3)cc1. The van der Waals surface area contributed by atoms with E-state index in [1.807, 2.05) is 11.3 Å². The van der Waals surface area contributed by atoms with Gasteiger partial charge in [-0.05, 0) is 41.4 Å². The summed E-state index contributed by atoms with van der Waals surface area (Å²) < 4.78 is 0. The van der Waals surface area contributed by atoms with Crippen molar-refractivity contribution in [2.45, 2.75) is 30.3 Å². The molecule has 0 saturated carbocycles. The van der Waals surface area contributed by atoms with Gasteiger partial charge < -0.3 is 0 Å². The lowest BCUT2D eigenvalue weighted by atomic mass is 10.1. The van der Waals surface area contributed by atoms with E-state index in [2.05, 4.69) is 64.9 Å². The van der Waals surface area contributed by atoms with Crippen LogP contribution < -0.4 is 0 Å². The molecule has 2 heterocycles. The van der Waals surface area contributed by atoms with E-state index in [1.165, 1.54) is 33.9 Å². The number of rotatable bonds is 3. The molecule has 1 unspecified atom stereocenters. The molecule has 19 heavy (non-hydrogen) atoms. The summed E-state index contributed by atoms with van der Waals surface area (Å²) in [6.45, 7) is 2.20. The molecule has 1 aliphatic heterocycles. The molecule has 0 nitrogen and oxygen atoms in total. The summed E-state index contributed by atoms with van der Waals surface area (Å²) in [6.07, 6.45) is 2.36. The second-order valence-corrected chi connectivity index (χ2v) is 8.05. The monoisotopic (exact) mass is 352 g/mol. The molecule has 1 atom stereocenters. The molecule has 0 spiro atoms. The van der Waals surface area contributed by atoms with Crippen LogP contribution in [0, 0.1) is 0 Å². The van der Waals surface area contributed by atoms with Crippen molar-refractivity contribution in [2.24, 2.45) is 0 Å². The number of benzene rings is 1. The molecular formula is C16H17BrS2. The molecule has 100 valence electrons. The summed E-state index contributed by atoms with van der Waals surface area (Å²) in [5.74, 6) is 2.48. The fourth-order valence-corrected chi connectivity index (χ4v) is 5.48. The van der Waals surface area contributed by atoms with E-state index < -0.39 is 0 Å². The zero-order chi connectivity index (χ0) is 13.2. The molecule has 0 radical (unpaired) electrons. The first kappa shape index (κ1) is 13.7. The predicted octanol–water partition coefficient (Wildman–Crippen LogP) is 5.58. The highest BCUT2D eigenvalue weighted by Crippen LogP contribution is 2.40. The average molecular weight is 353 g/mol. The maximum Gasteiger partial charge on any atom is 0.0738 e. The van der Waals surface area contributed by atoms with Crippen molar-refractivity contribution in [1.29, 1.82) is 0 Å². The van der Waals surface area contributed by atoms with Crippen LogP contribution in [-0.2, 0) is 18.6 Å². The van der Waals surface area contributed by atoms with Gasteiger partial charge >= 0.3 is 0 Å². The van der Waals surface area contributed by atoms with Crippen LogP contribution in [0.5, 0.6) is 0 Å². The Labute approximate surface area is 131 Å². The zero-order valence-corrected chi connectivity index (χ0v) is 14.2. The van der Waals surface area contributed by atoms with Crippen LogP contribution in [0.4, 0.5) is 0 Å². The Morgan fingerprint density at radius 1 is 1.26 bits per heavy atom. The van der Waals surface area contributed by atoms with Gasteiger partial charge in [-0.1, -0.05) is 47.1 Å². The lowest BCUT2D eigenvalue weighted by molar-refractivity contribution is 1.12. The average Bonchev–Trinajstić information content (AvgIpc) is 2.90. The summed E-state index contributed by atoms with van der Waals surface area (Å²) in [5.41, 5.74) is 4.33. The highest BCUT2D eigenvalue weighted by atomic mass is 79.9. The van der Waals surface area contributed by atoms with E-state index in [9.17, 15) is 0 Å². The fourth-order valence-electron chi connectivity index (χ4n) is 2.38. The molecule has 0 amide bonds. The highest BCUT2D eigenvalue weighted by Gasteiger charge is 2.18. The second kappa shape index (κ2) is 6.02. The van der Waals surface area contributed by atoms with Crippen LogP contribution in [0.2, 0.25) is 0 Å². The Balaban J connectivity index is 1.85. The summed E-state index contributed by atoms with van der Waals surface area (Å²) >= 11 is 7.91. The van der Waals surface area contributed by atoms with Crippen molar-refractivity contribution >= 4 is 39.0 Å². The predicted molar refractivity (Wildman–Crippen MR) is 90.8 cm³/mol. The van der Waals surface area contributed by atoms with Gasteiger partial charge in [-0.15, -0.1) is 11.3 Å². The van der Waals surface area contributed by atoms with E-state index in [4.69, 9.17) is 0 Å². The van der Waals surface area contributed by atoms with E-state index in [0.717, 1.165) is 6.42 Å². The van der Waals surface area contributed by atoms with E-state index in [1.54, 1.807) is 10.4 Å². The van der Waals surface area contributed by atoms with Gasteiger partial charge in [0.1, 0.15) is 0 Å². The molecule has 3 heteroatoms. The number of thiophene rings is 1. The summed E-state index contributed by atoms with van der Waals surface area (Å²) in [5, 5.41) is 0. The van der Waals surface area contributed by atoms with Crippen LogP contribution >= 0.6 is 39.0 Å². The molecule has 0 aliphatic carbocycles. The topological polar surface area (TPSA) is 0 Å². The Bertz CT molecular complexity index is 533. The molecule has 0 fully saturated rings. The minimum absolute atomic E-state index is 0.346. The molecule has 0 saturated heterocycles. The standard InChI is InChI=1S/C16H17BrS2/c1-2-11-3-5-12(6-4-11)16(17)15-9-13-10-18-8-7-14(13)19-15/h3-6,9,16H,2,7-8,10H2,1H3. The number of thioether (sulfide) groups is 1. The molecular weight excluding hydrogens is 336 g/mol. The zero-order valence-electron chi connectivity index (χ0n) is 11.0. The van der Waals surface area contributed by atoms with E-state index in [0.29, 0.717) is 4.83 Å². The third kappa shape index (κ3) is 2.93. The summed E-state index contributed by atoms with van der Waals surface area (Å²) in [7, 11) is 0. The van der Waals surface area contributed by atoms with Gasteiger partial charge in [0.2, 0.25) is 0 Å². The van der Waals surface area contributed by atoms with E-state index in [-0.39, 0.29) is 0 Å². The first-order chi connectivity index (χ1) is 9.28. The Kier molecular flexibility index (Phi) is 4.35. The van der Waals surface area contributed by atoms with Gasteiger partial charge in [-0.25, -0.2) is 0 Å². The van der Waals surface area contributed by atoms with Gasteiger partial charge in [-0.2, -0.15) is 11.8 Å². The van der Waals surface area contributed by atoms with Gasteiger partial charge in [0.25, 0.3) is 0 Å². The summed E-state index contributed by atoms with van der Waals surface area (Å²) in [6, 6.07) is 11.4. The van der Waals surface area contributed by atoms with Gasteiger partial charge in [-0.3, -0.25) is 0 Å². The molecule has 0 bridgehead atoms. The minimum Gasteiger partial charge on any atom is -0.157 e. The quantitative estimate of drug-likeness (QED) is 0.649. The highest BCUT2D eigenvalue weighted by molar-refractivity contribution is 9.09. The van der Waals surface area contributed by atoms with Crippen molar-refractivity contribution in [3.8, 4) is 0 Å². The number of alkyl halides is 1. The molecule has 1 aliphatic rings. The number of fused-ring (bicyclic) bond motifs is 1. The third-order valence-electron chi connectivity index (χ3n) is 3.58. The van der Waals surface area contributed by atoms with E-state index >= 15 is 0 Å². The lowest BCUT2D eigenvalue weighted by Gasteiger charge is -2.08. The van der Waals surface area contributed by atoms with Gasteiger partial charge in [0, 0.05) is 15.5 Å². The van der Waals surface area contributed by atoms with Crippen LogP contribution in [-0.4, -0.2) is 5.75 Å². The second-order valence-electron chi connectivity index (χ2n) is 4.86. The fraction of sp³-hybridized carbons (Fsp3) is 0.375. The van der Waals surface area contributed by atoms with Crippen LogP contribution in [0.15, 0.2) is 30.3 Å². The Hall–Kier alpha value is -0.250. The van der Waals surface area contributed by atoms with Crippen molar-refractivity contribution in [2.75, 3.05) is 5.75 Å². The third-order valence-corrected chi connectivity index (χ3v) is 7.21. The minimum atomic E-state index is 0.346. The smallest absolute Gasteiger partial charge is 0.0738 e. The van der Waals surface area contributed by atoms with Crippen LogP contribution in [0.1, 0.15) is 38.2 Å². The first-order valence-electron chi connectivity index (χ1n) is 6.70. The Morgan fingerprint density at radius 3 is 2.74 bits per heavy atom. The normalized spacial score (nSPS) is 16.1. The number of aryl methyl sites for hydroxylation is 2. The number of hydrogen-bond acceptors (Lipinski definition) is 2. The maximum atomic E-state index is 3.87. The molecule has 1 aromatic carbocycles. The summed E-state index contributed by atoms with van der Waals surface area (Å²) in [4.78, 5) is 3.40.